The van der Waals surface area contributed by atoms with Crippen molar-refractivity contribution in [3.63, 3.8) is 0 Å². The Labute approximate surface area is 123 Å². The summed E-state index contributed by atoms with van der Waals surface area (Å²) < 4.78 is 6.11. The molecule has 0 saturated carbocycles. The maximum atomic E-state index is 10.4. The van der Waals surface area contributed by atoms with Gasteiger partial charge in [0.15, 0.2) is 0 Å². The van der Waals surface area contributed by atoms with Gasteiger partial charge in [-0.25, -0.2) is 0 Å². The summed E-state index contributed by atoms with van der Waals surface area (Å²) in [5, 5.41) is 10.4. The summed E-state index contributed by atoms with van der Waals surface area (Å²) in [5.74, 6) is 1.31. The Morgan fingerprint density at radius 3 is 2.05 bits per heavy atom. The van der Waals surface area contributed by atoms with E-state index in [4.69, 9.17) is 4.74 Å². The van der Waals surface area contributed by atoms with Crippen molar-refractivity contribution in [3.05, 3.63) is 33.9 Å². The lowest BCUT2D eigenvalue weighted by Crippen LogP contribution is -2.24. The van der Waals surface area contributed by atoms with Gasteiger partial charge in [-0.05, 0) is 78.5 Å². The molecule has 0 spiro atoms. The highest BCUT2D eigenvalue weighted by Crippen LogP contribution is 2.39. The van der Waals surface area contributed by atoms with Crippen LogP contribution in [0.25, 0.3) is 0 Å². The van der Waals surface area contributed by atoms with E-state index in [9.17, 15) is 5.11 Å². The van der Waals surface area contributed by atoms with Crippen LogP contribution in [0.1, 0.15) is 56.9 Å². The third-order valence-corrected chi connectivity index (χ3v) is 3.46. The topological polar surface area (TPSA) is 29.5 Å². The molecular formula is C18H28O2. The molecule has 2 heteroatoms. The monoisotopic (exact) mass is 276 g/mol. The highest BCUT2D eigenvalue weighted by Gasteiger charge is 2.21. The van der Waals surface area contributed by atoms with Crippen LogP contribution in [0.3, 0.4) is 0 Å². The minimum Gasteiger partial charge on any atom is -0.507 e. The van der Waals surface area contributed by atoms with Gasteiger partial charge in [-0.15, -0.1) is 0 Å². The number of phenolic OH excluding ortho intramolecular Hbond substituents is 1. The lowest BCUT2D eigenvalue weighted by Gasteiger charge is -2.26. The first kappa shape index (κ1) is 16.6. The molecule has 0 bridgehead atoms. The van der Waals surface area contributed by atoms with Crippen LogP contribution < -0.4 is 4.74 Å². The maximum absolute atomic E-state index is 10.4. The van der Waals surface area contributed by atoms with Crippen molar-refractivity contribution in [1.29, 1.82) is 0 Å². The van der Waals surface area contributed by atoms with Crippen molar-refractivity contribution >= 4 is 0 Å². The minimum absolute atomic E-state index is 0.243. The van der Waals surface area contributed by atoms with Crippen LogP contribution in [-0.4, -0.2) is 10.7 Å². The van der Waals surface area contributed by atoms with Crippen molar-refractivity contribution in [2.75, 3.05) is 0 Å². The number of hydrogen-bond acceptors (Lipinski definition) is 2. The highest BCUT2D eigenvalue weighted by molar-refractivity contribution is 5.58. The van der Waals surface area contributed by atoms with Crippen molar-refractivity contribution in [1.82, 2.24) is 0 Å². The second-order valence-electron chi connectivity index (χ2n) is 6.73. The summed E-state index contributed by atoms with van der Waals surface area (Å²) in [5.41, 5.74) is 4.95. The molecule has 0 atom stereocenters. The summed E-state index contributed by atoms with van der Waals surface area (Å²) in [6.45, 7) is 16.3. The van der Waals surface area contributed by atoms with E-state index in [0.29, 0.717) is 5.75 Å². The van der Waals surface area contributed by atoms with Crippen LogP contribution in [0.4, 0.5) is 0 Å². The van der Waals surface area contributed by atoms with Crippen molar-refractivity contribution in [3.8, 4) is 11.5 Å². The molecule has 0 aliphatic rings. The molecule has 0 fully saturated rings. The molecule has 2 nitrogen and oxygen atoms in total. The number of phenols is 1. The SMILES string of the molecule is CC(C)=CCc1c(C)c(OC(C)(C)C)c(C)c(C)c1O. The van der Waals surface area contributed by atoms with Gasteiger partial charge in [0.05, 0.1) is 0 Å². The molecule has 0 aliphatic heterocycles. The van der Waals surface area contributed by atoms with Gasteiger partial charge in [-0.2, -0.15) is 0 Å². The molecule has 112 valence electrons. The molecule has 1 aromatic carbocycles. The first-order valence-electron chi connectivity index (χ1n) is 7.18. The van der Waals surface area contributed by atoms with E-state index < -0.39 is 0 Å². The van der Waals surface area contributed by atoms with Crippen molar-refractivity contribution < 1.29 is 9.84 Å². The van der Waals surface area contributed by atoms with E-state index in [0.717, 1.165) is 34.4 Å². The lowest BCUT2D eigenvalue weighted by atomic mass is 9.94. The molecule has 0 saturated heterocycles. The number of hydrogen-bond donors (Lipinski definition) is 1. The van der Waals surface area contributed by atoms with Gasteiger partial charge in [0.2, 0.25) is 0 Å². The second-order valence-corrected chi connectivity index (χ2v) is 6.73. The van der Waals surface area contributed by atoms with E-state index in [2.05, 4.69) is 19.9 Å². The zero-order chi connectivity index (χ0) is 15.7. The largest absolute Gasteiger partial charge is 0.507 e. The molecule has 0 aromatic heterocycles. The average molecular weight is 276 g/mol. The standard InChI is InChI=1S/C18H28O2/c1-11(2)9-10-15-14(5)17(20-18(6,7)8)13(4)12(3)16(15)19/h9,19H,10H2,1-8H3. The van der Waals surface area contributed by atoms with Gasteiger partial charge in [0.25, 0.3) is 0 Å². The first-order chi connectivity index (χ1) is 9.04. The van der Waals surface area contributed by atoms with E-state index >= 15 is 0 Å². The van der Waals surface area contributed by atoms with Crippen LogP contribution in [0, 0.1) is 20.8 Å². The molecule has 0 aliphatic carbocycles. The lowest BCUT2D eigenvalue weighted by molar-refractivity contribution is 0.128. The maximum Gasteiger partial charge on any atom is 0.126 e. The summed E-state index contributed by atoms with van der Waals surface area (Å²) in [6, 6.07) is 0. The fourth-order valence-electron chi connectivity index (χ4n) is 2.19. The number of benzene rings is 1. The zero-order valence-electron chi connectivity index (χ0n) is 14.1. The molecule has 0 unspecified atom stereocenters. The molecule has 1 N–H and O–H groups in total. The molecule has 0 amide bonds. The Bertz CT molecular complexity index is 528. The third-order valence-electron chi connectivity index (χ3n) is 3.46. The van der Waals surface area contributed by atoms with Crippen molar-refractivity contribution in [2.45, 2.75) is 67.4 Å². The van der Waals surface area contributed by atoms with Crippen LogP contribution in [0.15, 0.2) is 11.6 Å². The minimum atomic E-state index is -0.243. The number of rotatable bonds is 3. The van der Waals surface area contributed by atoms with Crippen LogP contribution in [-0.2, 0) is 6.42 Å². The van der Waals surface area contributed by atoms with Gasteiger partial charge in [0, 0.05) is 5.56 Å². The fraction of sp³-hybridized carbons (Fsp3) is 0.556. The fourth-order valence-corrected chi connectivity index (χ4v) is 2.19. The van der Waals surface area contributed by atoms with Crippen LogP contribution >= 0.6 is 0 Å². The van der Waals surface area contributed by atoms with E-state index in [1.807, 2.05) is 41.5 Å². The van der Waals surface area contributed by atoms with Gasteiger partial charge in [-0.1, -0.05) is 11.6 Å². The Hall–Kier alpha value is -1.44. The molecule has 0 radical (unpaired) electrons. The van der Waals surface area contributed by atoms with Crippen LogP contribution in [0.2, 0.25) is 0 Å². The Kier molecular flexibility index (Phi) is 4.90. The Morgan fingerprint density at radius 1 is 1.05 bits per heavy atom. The Balaban J connectivity index is 3.42. The van der Waals surface area contributed by atoms with E-state index in [1.54, 1.807) is 0 Å². The van der Waals surface area contributed by atoms with E-state index in [-0.39, 0.29) is 5.60 Å². The predicted octanol–water partition coefficient (Wildman–Crippen LogP) is 5.00. The zero-order valence-corrected chi connectivity index (χ0v) is 14.1. The molecule has 0 heterocycles. The molecule has 1 aromatic rings. The number of allylic oxidation sites excluding steroid dienone is 2. The second kappa shape index (κ2) is 5.90. The van der Waals surface area contributed by atoms with Gasteiger partial charge < -0.3 is 9.84 Å². The summed E-state index contributed by atoms with van der Waals surface area (Å²) in [7, 11) is 0. The van der Waals surface area contributed by atoms with E-state index in [1.165, 1.54) is 5.57 Å². The average Bonchev–Trinajstić information content (AvgIpc) is 2.30. The summed E-state index contributed by atoms with van der Waals surface area (Å²) in [6.07, 6.45) is 2.87. The normalized spacial score (nSPS) is 11.4. The summed E-state index contributed by atoms with van der Waals surface area (Å²) >= 11 is 0. The Morgan fingerprint density at radius 2 is 1.60 bits per heavy atom. The van der Waals surface area contributed by atoms with Crippen LogP contribution in [0.5, 0.6) is 11.5 Å². The summed E-state index contributed by atoms with van der Waals surface area (Å²) in [4.78, 5) is 0. The number of ether oxygens (including phenoxy) is 1. The first-order valence-corrected chi connectivity index (χ1v) is 7.18. The predicted molar refractivity (Wildman–Crippen MR) is 85.8 cm³/mol. The molecular weight excluding hydrogens is 248 g/mol. The molecule has 1 rings (SSSR count). The van der Waals surface area contributed by atoms with Gasteiger partial charge in [-0.3, -0.25) is 0 Å². The quantitative estimate of drug-likeness (QED) is 0.787. The van der Waals surface area contributed by atoms with Crippen molar-refractivity contribution in [2.24, 2.45) is 0 Å². The highest BCUT2D eigenvalue weighted by atomic mass is 16.5. The number of aromatic hydroxyl groups is 1. The smallest absolute Gasteiger partial charge is 0.126 e. The van der Waals surface area contributed by atoms with Gasteiger partial charge >= 0.3 is 0 Å². The molecule has 20 heavy (non-hydrogen) atoms. The van der Waals surface area contributed by atoms with Gasteiger partial charge in [0.1, 0.15) is 17.1 Å². The third kappa shape index (κ3) is 3.78.